The maximum Gasteiger partial charge on any atom is 0.387 e. The van der Waals surface area contributed by atoms with Crippen LogP contribution in [0.2, 0.25) is 0 Å². The zero-order valence-electron chi connectivity index (χ0n) is 14.3. The Morgan fingerprint density at radius 1 is 0.704 bits per heavy atom. The summed E-state index contributed by atoms with van der Waals surface area (Å²) >= 11 is 0. The number of aromatic amines is 1. The van der Waals surface area contributed by atoms with Crippen LogP contribution in [-0.2, 0) is 0 Å². The Balaban J connectivity index is 1.78. The Kier molecular flexibility index (Phi) is 4.66. The maximum absolute atomic E-state index is 12.3. The lowest BCUT2D eigenvalue weighted by atomic mass is 10.1. The van der Waals surface area contributed by atoms with Gasteiger partial charge in [0.1, 0.15) is 11.6 Å². The van der Waals surface area contributed by atoms with E-state index in [1.165, 1.54) is 12.1 Å². The molecule has 0 spiro atoms. The number of hydrogen-bond donors (Lipinski definition) is 1. The van der Waals surface area contributed by atoms with Gasteiger partial charge < -0.3 is 9.72 Å². The topological polar surface area (TPSA) is 37.9 Å². The first-order valence-electron chi connectivity index (χ1n) is 8.47. The van der Waals surface area contributed by atoms with Crippen molar-refractivity contribution in [1.82, 2.24) is 9.97 Å². The minimum absolute atomic E-state index is 0.117. The lowest BCUT2D eigenvalue weighted by Gasteiger charge is -2.04. The summed E-state index contributed by atoms with van der Waals surface area (Å²) < 4.78 is 29.1. The number of H-pyrrole nitrogens is 1. The SMILES string of the molecule is FC(F)Oc1ccc(-c2nc(-c3ccccc3)c(-c3ccccc3)[nH]2)cc1. The summed E-state index contributed by atoms with van der Waals surface area (Å²) in [6.07, 6.45) is 0. The molecule has 1 heterocycles. The van der Waals surface area contributed by atoms with Crippen molar-refractivity contribution in [3.8, 4) is 39.7 Å². The zero-order valence-corrected chi connectivity index (χ0v) is 14.3. The molecule has 0 saturated heterocycles. The molecule has 1 aromatic heterocycles. The molecule has 0 fully saturated rings. The molecule has 5 heteroatoms. The zero-order chi connectivity index (χ0) is 18.6. The van der Waals surface area contributed by atoms with Crippen LogP contribution in [0, 0.1) is 0 Å². The first-order chi connectivity index (χ1) is 13.2. The monoisotopic (exact) mass is 362 g/mol. The predicted octanol–water partition coefficient (Wildman–Crippen LogP) is 6.01. The van der Waals surface area contributed by atoms with Gasteiger partial charge in [0.2, 0.25) is 0 Å². The first-order valence-corrected chi connectivity index (χ1v) is 8.47. The molecule has 1 N–H and O–H groups in total. The van der Waals surface area contributed by atoms with Crippen LogP contribution in [-0.4, -0.2) is 16.6 Å². The summed E-state index contributed by atoms with van der Waals surface area (Å²) in [7, 11) is 0. The smallest absolute Gasteiger partial charge is 0.387 e. The Morgan fingerprint density at radius 2 is 1.30 bits per heavy atom. The van der Waals surface area contributed by atoms with E-state index >= 15 is 0 Å². The molecule has 0 radical (unpaired) electrons. The molecule has 3 nitrogen and oxygen atoms in total. The predicted molar refractivity (Wildman–Crippen MR) is 102 cm³/mol. The van der Waals surface area contributed by atoms with Gasteiger partial charge in [-0.25, -0.2) is 4.98 Å². The van der Waals surface area contributed by atoms with E-state index in [1.807, 2.05) is 60.7 Å². The second kappa shape index (κ2) is 7.41. The molecule has 0 unspecified atom stereocenters. The number of benzene rings is 3. The van der Waals surface area contributed by atoms with Crippen LogP contribution in [0.4, 0.5) is 8.78 Å². The third-order valence-electron chi connectivity index (χ3n) is 4.17. The molecule has 0 bridgehead atoms. The second-order valence-corrected chi connectivity index (χ2v) is 5.94. The third kappa shape index (κ3) is 3.72. The van der Waals surface area contributed by atoms with Gasteiger partial charge in [-0.05, 0) is 24.3 Å². The van der Waals surface area contributed by atoms with E-state index in [0.717, 1.165) is 28.1 Å². The summed E-state index contributed by atoms with van der Waals surface area (Å²) in [6, 6.07) is 26.3. The van der Waals surface area contributed by atoms with Gasteiger partial charge in [0.15, 0.2) is 0 Å². The van der Waals surface area contributed by atoms with Crippen LogP contribution in [0.5, 0.6) is 5.75 Å². The highest BCUT2D eigenvalue weighted by molar-refractivity contribution is 5.81. The van der Waals surface area contributed by atoms with Crippen molar-refractivity contribution in [2.75, 3.05) is 0 Å². The maximum atomic E-state index is 12.3. The standard InChI is InChI=1S/C22H16F2N2O/c23-22(24)27-18-13-11-17(12-14-18)21-25-19(15-7-3-1-4-8-15)20(26-21)16-9-5-2-6-10-16/h1-14,22H,(H,25,26). The van der Waals surface area contributed by atoms with E-state index in [1.54, 1.807) is 12.1 Å². The number of alkyl halides is 2. The average Bonchev–Trinajstić information content (AvgIpc) is 3.15. The van der Waals surface area contributed by atoms with E-state index in [-0.39, 0.29) is 5.75 Å². The molecule has 4 aromatic rings. The van der Waals surface area contributed by atoms with E-state index in [0.29, 0.717) is 5.82 Å². The van der Waals surface area contributed by atoms with E-state index in [9.17, 15) is 8.78 Å². The minimum atomic E-state index is -2.84. The number of ether oxygens (including phenoxy) is 1. The highest BCUT2D eigenvalue weighted by Gasteiger charge is 2.15. The number of imidazole rings is 1. The Labute approximate surface area is 155 Å². The molecule has 27 heavy (non-hydrogen) atoms. The quantitative estimate of drug-likeness (QED) is 0.472. The Morgan fingerprint density at radius 3 is 1.89 bits per heavy atom. The van der Waals surface area contributed by atoms with Crippen LogP contribution in [0.25, 0.3) is 33.9 Å². The molecule has 4 rings (SSSR count). The second-order valence-electron chi connectivity index (χ2n) is 5.94. The fourth-order valence-electron chi connectivity index (χ4n) is 2.92. The molecule has 3 aromatic carbocycles. The molecule has 0 aliphatic carbocycles. The van der Waals surface area contributed by atoms with Gasteiger partial charge in [-0.2, -0.15) is 8.78 Å². The molecule has 134 valence electrons. The highest BCUT2D eigenvalue weighted by atomic mass is 19.3. The summed E-state index contributed by atoms with van der Waals surface area (Å²) in [6.45, 7) is -2.84. The normalized spacial score (nSPS) is 10.9. The molecular weight excluding hydrogens is 346 g/mol. The van der Waals surface area contributed by atoms with Gasteiger partial charge in [0, 0.05) is 16.7 Å². The average molecular weight is 362 g/mol. The number of hydrogen-bond acceptors (Lipinski definition) is 2. The van der Waals surface area contributed by atoms with Crippen molar-refractivity contribution in [1.29, 1.82) is 0 Å². The number of aromatic nitrogens is 2. The van der Waals surface area contributed by atoms with E-state index in [4.69, 9.17) is 4.98 Å². The lowest BCUT2D eigenvalue weighted by molar-refractivity contribution is -0.0498. The summed E-state index contributed by atoms with van der Waals surface area (Å²) in [4.78, 5) is 8.15. The fourth-order valence-corrected chi connectivity index (χ4v) is 2.92. The van der Waals surface area contributed by atoms with Crippen LogP contribution >= 0.6 is 0 Å². The van der Waals surface area contributed by atoms with Crippen molar-refractivity contribution >= 4 is 0 Å². The van der Waals surface area contributed by atoms with Gasteiger partial charge in [0.05, 0.1) is 11.4 Å². The molecule has 0 atom stereocenters. The van der Waals surface area contributed by atoms with Crippen molar-refractivity contribution in [3.63, 3.8) is 0 Å². The van der Waals surface area contributed by atoms with Crippen molar-refractivity contribution < 1.29 is 13.5 Å². The minimum Gasteiger partial charge on any atom is -0.435 e. The third-order valence-corrected chi connectivity index (χ3v) is 4.17. The van der Waals surface area contributed by atoms with Crippen LogP contribution < -0.4 is 4.74 Å². The van der Waals surface area contributed by atoms with E-state index in [2.05, 4.69) is 9.72 Å². The molecular formula is C22H16F2N2O. The number of nitrogens with zero attached hydrogens (tertiary/aromatic N) is 1. The molecule has 0 aliphatic heterocycles. The van der Waals surface area contributed by atoms with Crippen molar-refractivity contribution in [3.05, 3.63) is 84.9 Å². The fraction of sp³-hybridized carbons (Fsp3) is 0.0455. The molecule has 0 saturated carbocycles. The first kappa shape index (κ1) is 17.0. The number of nitrogens with one attached hydrogen (secondary N) is 1. The van der Waals surface area contributed by atoms with Gasteiger partial charge in [-0.3, -0.25) is 0 Å². The summed E-state index contributed by atoms with van der Waals surface area (Å²) in [5.41, 5.74) is 4.55. The molecule has 0 amide bonds. The summed E-state index contributed by atoms with van der Waals surface area (Å²) in [5.74, 6) is 0.781. The van der Waals surface area contributed by atoms with Crippen LogP contribution in [0.15, 0.2) is 84.9 Å². The summed E-state index contributed by atoms with van der Waals surface area (Å²) in [5, 5.41) is 0. The Hall–Kier alpha value is -3.47. The highest BCUT2D eigenvalue weighted by Crippen LogP contribution is 2.33. The lowest BCUT2D eigenvalue weighted by Crippen LogP contribution is -2.01. The van der Waals surface area contributed by atoms with Gasteiger partial charge in [0.25, 0.3) is 0 Å². The van der Waals surface area contributed by atoms with Crippen LogP contribution in [0.3, 0.4) is 0 Å². The number of rotatable bonds is 5. The number of halogens is 2. The largest absolute Gasteiger partial charge is 0.435 e. The van der Waals surface area contributed by atoms with Gasteiger partial charge in [-0.15, -0.1) is 0 Å². The van der Waals surface area contributed by atoms with E-state index < -0.39 is 6.61 Å². The molecule has 0 aliphatic rings. The van der Waals surface area contributed by atoms with Crippen LogP contribution in [0.1, 0.15) is 0 Å². The van der Waals surface area contributed by atoms with Crippen molar-refractivity contribution in [2.45, 2.75) is 6.61 Å². The van der Waals surface area contributed by atoms with Gasteiger partial charge in [-0.1, -0.05) is 60.7 Å². The van der Waals surface area contributed by atoms with Gasteiger partial charge >= 0.3 is 6.61 Å². The Bertz CT molecular complexity index is 956. The van der Waals surface area contributed by atoms with Crippen molar-refractivity contribution in [2.24, 2.45) is 0 Å².